The second-order valence-corrected chi connectivity index (χ2v) is 7.78. The number of rotatable bonds is 9. The van der Waals surface area contributed by atoms with Gasteiger partial charge < -0.3 is 10.1 Å². The first-order valence-corrected chi connectivity index (χ1v) is 10.5. The number of piperidine rings is 1. The summed E-state index contributed by atoms with van der Waals surface area (Å²) in [4.78, 5) is 14.6. The van der Waals surface area contributed by atoms with Crippen molar-refractivity contribution in [2.24, 2.45) is 0 Å². The van der Waals surface area contributed by atoms with Gasteiger partial charge in [0.15, 0.2) is 0 Å². The topological polar surface area (TPSA) is 41.6 Å². The van der Waals surface area contributed by atoms with E-state index in [9.17, 15) is 4.79 Å². The minimum absolute atomic E-state index is 0.0566. The number of hydrogen-bond donors (Lipinski definition) is 1. The molecule has 1 heterocycles. The van der Waals surface area contributed by atoms with Crippen molar-refractivity contribution in [1.82, 2.24) is 10.2 Å². The Morgan fingerprint density at radius 2 is 1.79 bits per heavy atom. The Kier molecular flexibility index (Phi) is 8.19. The molecule has 5 heteroatoms. The van der Waals surface area contributed by atoms with Crippen molar-refractivity contribution < 1.29 is 9.53 Å². The smallest absolute Gasteiger partial charge is 0.220 e. The van der Waals surface area contributed by atoms with Crippen molar-refractivity contribution in [3.8, 4) is 5.75 Å². The molecule has 1 N–H and O–H groups in total. The van der Waals surface area contributed by atoms with Crippen LogP contribution in [-0.4, -0.2) is 30.5 Å². The van der Waals surface area contributed by atoms with Gasteiger partial charge in [-0.15, -0.1) is 0 Å². The molecule has 1 aliphatic rings. The molecule has 0 saturated carbocycles. The Morgan fingerprint density at radius 1 is 1.04 bits per heavy atom. The van der Waals surface area contributed by atoms with Gasteiger partial charge in [-0.05, 0) is 67.7 Å². The summed E-state index contributed by atoms with van der Waals surface area (Å²) in [5, 5.41) is 3.70. The van der Waals surface area contributed by atoms with Crippen molar-refractivity contribution >= 4 is 17.5 Å². The van der Waals surface area contributed by atoms with Crippen molar-refractivity contribution in [2.75, 3.05) is 19.7 Å². The van der Waals surface area contributed by atoms with Gasteiger partial charge in [0.2, 0.25) is 5.91 Å². The molecule has 1 fully saturated rings. The zero-order valence-corrected chi connectivity index (χ0v) is 17.1. The molecule has 0 aromatic heterocycles. The molecule has 0 bridgehead atoms. The van der Waals surface area contributed by atoms with Crippen LogP contribution in [0.4, 0.5) is 0 Å². The normalized spacial score (nSPS) is 14.6. The minimum Gasteiger partial charge on any atom is -0.494 e. The second kappa shape index (κ2) is 11.1. The highest BCUT2D eigenvalue weighted by Crippen LogP contribution is 2.16. The van der Waals surface area contributed by atoms with Crippen LogP contribution in [0.5, 0.6) is 5.75 Å². The lowest BCUT2D eigenvalue weighted by Crippen LogP contribution is -2.29. The van der Waals surface area contributed by atoms with Gasteiger partial charge in [-0.2, -0.15) is 0 Å². The SMILES string of the molecule is O=C(CCCOc1ccc(Cl)cc1)NCc1cccc(CN2CCCCC2)c1. The highest BCUT2D eigenvalue weighted by Gasteiger charge is 2.10. The van der Waals surface area contributed by atoms with E-state index in [1.807, 2.05) is 12.1 Å². The molecule has 2 aromatic carbocycles. The van der Waals surface area contributed by atoms with Gasteiger partial charge in [-0.25, -0.2) is 0 Å². The molecule has 1 amide bonds. The molecular formula is C23H29ClN2O2. The number of carbonyl (C=O) groups excluding carboxylic acids is 1. The van der Waals surface area contributed by atoms with Crippen LogP contribution in [-0.2, 0) is 17.9 Å². The maximum Gasteiger partial charge on any atom is 0.220 e. The predicted octanol–water partition coefficient (Wildman–Crippen LogP) is 4.80. The summed E-state index contributed by atoms with van der Waals surface area (Å²) in [6.07, 6.45) is 5.10. The van der Waals surface area contributed by atoms with Gasteiger partial charge in [0, 0.05) is 24.5 Å². The van der Waals surface area contributed by atoms with Crippen molar-refractivity contribution in [2.45, 2.75) is 45.2 Å². The van der Waals surface area contributed by atoms with E-state index in [-0.39, 0.29) is 5.91 Å². The highest BCUT2D eigenvalue weighted by molar-refractivity contribution is 6.30. The predicted molar refractivity (Wildman–Crippen MR) is 114 cm³/mol. The third-order valence-corrected chi connectivity index (χ3v) is 5.22. The van der Waals surface area contributed by atoms with Crippen LogP contribution in [0.25, 0.3) is 0 Å². The van der Waals surface area contributed by atoms with Gasteiger partial charge in [0.05, 0.1) is 6.61 Å². The van der Waals surface area contributed by atoms with Gasteiger partial charge in [0.25, 0.3) is 0 Å². The number of ether oxygens (including phenoxy) is 1. The van der Waals surface area contributed by atoms with Crippen LogP contribution >= 0.6 is 11.6 Å². The van der Waals surface area contributed by atoms with Crippen LogP contribution in [0.3, 0.4) is 0 Å². The Labute approximate surface area is 172 Å². The molecular weight excluding hydrogens is 372 g/mol. The first-order valence-electron chi connectivity index (χ1n) is 10.1. The molecule has 0 aliphatic carbocycles. The molecule has 0 radical (unpaired) electrons. The molecule has 0 unspecified atom stereocenters. The Bertz CT molecular complexity index is 743. The Hall–Kier alpha value is -2.04. The maximum atomic E-state index is 12.1. The van der Waals surface area contributed by atoms with Crippen LogP contribution in [0.1, 0.15) is 43.2 Å². The fourth-order valence-corrected chi connectivity index (χ4v) is 3.58. The number of amides is 1. The van der Waals surface area contributed by atoms with Crippen molar-refractivity contribution in [1.29, 1.82) is 0 Å². The minimum atomic E-state index is 0.0566. The summed E-state index contributed by atoms with van der Waals surface area (Å²) in [6.45, 7) is 4.48. The molecule has 2 aromatic rings. The molecule has 0 atom stereocenters. The number of carbonyl (C=O) groups is 1. The van der Waals surface area contributed by atoms with E-state index in [2.05, 4.69) is 34.5 Å². The van der Waals surface area contributed by atoms with Gasteiger partial charge in [-0.3, -0.25) is 9.69 Å². The summed E-state index contributed by atoms with van der Waals surface area (Å²) in [6, 6.07) is 15.8. The second-order valence-electron chi connectivity index (χ2n) is 7.34. The van der Waals surface area contributed by atoms with Gasteiger partial charge >= 0.3 is 0 Å². The lowest BCUT2D eigenvalue weighted by atomic mass is 10.1. The first-order chi connectivity index (χ1) is 13.7. The average molecular weight is 401 g/mol. The quantitative estimate of drug-likeness (QED) is 0.614. The average Bonchev–Trinajstić information content (AvgIpc) is 2.72. The Balaban J connectivity index is 1.34. The molecule has 28 heavy (non-hydrogen) atoms. The van der Waals surface area contributed by atoms with E-state index in [4.69, 9.17) is 16.3 Å². The third-order valence-electron chi connectivity index (χ3n) is 4.97. The Morgan fingerprint density at radius 3 is 2.57 bits per heavy atom. The summed E-state index contributed by atoms with van der Waals surface area (Å²) >= 11 is 5.85. The number of nitrogens with one attached hydrogen (secondary N) is 1. The molecule has 150 valence electrons. The molecule has 4 nitrogen and oxygen atoms in total. The number of benzene rings is 2. The summed E-state index contributed by atoms with van der Waals surface area (Å²) in [5.74, 6) is 0.830. The largest absolute Gasteiger partial charge is 0.494 e. The zero-order chi connectivity index (χ0) is 19.6. The zero-order valence-electron chi connectivity index (χ0n) is 16.3. The lowest BCUT2D eigenvalue weighted by Gasteiger charge is -2.26. The maximum absolute atomic E-state index is 12.1. The third kappa shape index (κ3) is 7.17. The van der Waals surface area contributed by atoms with Crippen LogP contribution in [0, 0.1) is 0 Å². The van der Waals surface area contributed by atoms with Crippen LogP contribution in [0.15, 0.2) is 48.5 Å². The highest BCUT2D eigenvalue weighted by atomic mass is 35.5. The number of hydrogen-bond acceptors (Lipinski definition) is 3. The fraction of sp³-hybridized carbons (Fsp3) is 0.435. The van der Waals surface area contributed by atoms with Gasteiger partial charge in [-0.1, -0.05) is 42.3 Å². The first kappa shape index (κ1) is 20.7. The van der Waals surface area contributed by atoms with Crippen molar-refractivity contribution in [3.05, 3.63) is 64.7 Å². The van der Waals surface area contributed by atoms with E-state index < -0.39 is 0 Å². The lowest BCUT2D eigenvalue weighted by molar-refractivity contribution is -0.121. The summed E-state index contributed by atoms with van der Waals surface area (Å²) < 4.78 is 5.62. The number of halogens is 1. The number of likely N-dealkylation sites (tertiary alicyclic amines) is 1. The molecule has 1 aliphatic heterocycles. The summed E-state index contributed by atoms with van der Waals surface area (Å²) in [5.41, 5.74) is 2.48. The van der Waals surface area contributed by atoms with E-state index in [0.29, 0.717) is 31.0 Å². The molecule has 3 rings (SSSR count). The number of nitrogens with zero attached hydrogens (tertiary/aromatic N) is 1. The van der Waals surface area contributed by atoms with E-state index >= 15 is 0 Å². The monoisotopic (exact) mass is 400 g/mol. The molecule has 0 spiro atoms. The van der Waals surface area contributed by atoms with E-state index in [0.717, 1.165) is 17.9 Å². The molecule has 1 saturated heterocycles. The fourth-order valence-electron chi connectivity index (χ4n) is 3.46. The van der Waals surface area contributed by atoms with E-state index in [1.165, 1.54) is 37.9 Å². The van der Waals surface area contributed by atoms with Crippen molar-refractivity contribution in [3.63, 3.8) is 0 Å². The van der Waals surface area contributed by atoms with Gasteiger partial charge in [0.1, 0.15) is 5.75 Å². The van der Waals surface area contributed by atoms with E-state index in [1.54, 1.807) is 12.1 Å². The van der Waals surface area contributed by atoms with Crippen LogP contribution < -0.4 is 10.1 Å². The van der Waals surface area contributed by atoms with Crippen LogP contribution in [0.2, 0.25) is 5.02 Å². The standard InChI is InChI=1S/C23H29ClN2O2/c24-21-9-11-22(12-10-21)28-15-5-8-23(27)25-17-19-6-4-7-20(16-19)18-26-13-2-1-3-14-26/h4,6-7,9-12,16H,1-3,5,8,13-15,17-18H2,(H,25,27). The summed E-state index contributed by atoms with van der Waals surface area (Å²) in [7, 11) is 0.